The first kappa shape index (κ1) is 27.1. The van der Waals surface area contributed by atoms with Crippen LogP contribution in [0.25, 0.3) is 5.57 Å². The molecule has 5 rings (SSSR count). The van der Waals surface area contributed by atoms with Crippen LogP contribution >= 0.6 is 22.9 Å². The van der Waals surface area contributed by atoms with Crippen molar-refractivity contribution in [1.82, 2.24) is 9.47 Å². The maximum Gasteiger partial charge on any atom is 0.271 e. The SMILES string of the molecule is CCCCN1C(=O)/C(=c2\sc3n(c2=O)[C@@H](c2ccc(Cl)cc2)C(C(=O)N(CC)CC)=C(C)N=3)c2ccccc21. The zero-order valence-electron chi connectivity index (χ0n) is 22.5. The number of aromatic nitrogens is 1. The molecule has 2 aliphatic rings. The van der Waals surface area contributed by atoms with Gasteiger partial charge in [-0.25, -0.2) is 4.99 Å². The number of unbranched alkanes of at least 4 members (excludes halogenated alkanes) is 1. The van der Waals surface area contributed by atoms with Gasteiger partial charge in [0.15, 0.2) is 4.80 Å². The van der Waals surface area contributed by atoms with Gasteiger partial charge in [-0.05, 0) is 51.0 Å². The number of benzene rings is 2. The van der Waals surface area contributed by atoms with E-state index in [1.54, 1.807) is 26.5 Å². The molecule has 39 heavy (non-hydrogen) atoms. The Balaban J connectivity index is 1.78. The first-order valence-electron chi connectivity index (χ1n) is 13.3. The Bertz CT molecular complexity index is 1670. The first-order valence-corrected chi connectivity index (χ1v) is 14.5. The van der Waals surface area contributed by atoms with Crippen LogP contribution in [0.4, 0.5) is 5.69 Å². The Kier molecular flexibility index (Phi) is 7.60. The number of likely N-dealkylation sites (N-methyl/N-ethyl adjacent to an activating group) is 1. The molecule has 3 aromatic rings. The lowest BCUT2D eigenvalue weighted by Gasteiger charge is -2.29. The van der Waals surface area contributed by atoms with E-state index in [-0.39, 0.29) is 17.4 Å². The average molecular weight is 563 g/mol. The molecular weight excluding hydrogens is 532 g/mol. The molecule has 1 aromatic heterocycles. The summed E-state index contributed by atoms with van der Waals surface area (Å²) in [5.41, 5.74) is 3.41. The Labute approximate surface area is 236 Å². The summed E-state index contributed by atoms with van der Waals surface area (Å²) < 4.78 is 1.92. The van der Waals surface area contributed by atoms with E-state index >= 15 is 0 Å². The van der Waals surface area contributed by atoms with Crippen LogP contribution in [0.2, 0.25) is 5.02 Å². The molecular formula is C30H31ClN4O3S. The minimum Gasteiger partial charge on any atom is -0.339 e. The van der Waals surface area contributed by atoms with E-state index in [0.717, 1.165) is 29.7 Å². The van der Waals surface area contributed by atoms with Crippen LogP contribution in [0.5, 0.6) is 0 Å². The van der Waals surface area contributed by atoms with Gasteiger partial charge in [-0.15, -0.1) is 0 Å². The number of hydrogen-bond donors (Lipinski definition) is 0. The zero-order chi connectivity index (χ0) is 27.8. The minimum absolute atomic E-state index is 0.160. The summed E-state index contributed by atoms with van der Waals surface area (Å²) in [6, 6.07) is 14.1. The van der Waals surface area contributed by atoms with Crippen molar-refractivity contribution in [2.75, 3.05) is 24.5 Å². The fourth-order valence-corrected chi connectivity index (χ4v) is 6.59. The fourth-order valence-electron chi connectivity index (χ4n) is 5.32. The summed E-state index contributed by atoms with van der Waals surface area (Å²) in [5.74, 6) is -0.333. The number of carbonyl (C=O) groups excluding carboxylic acids is 2. The van der Waals surface area contributed by atoms with Crippen molar-refractivity contribution in [3.05, 3.63) is 95.6 Å². The van der Waals surface area contributed by atoms with E-state index in [9.17, 15) is 14.4 Å². The van der Waals surface area contributed by atoms with Gasteiger partial charge in [-0.3, -0.25) is 19.0 Å². The number of anilines is 1. The van der Waals surface area contributed by atoms with Gasteiger partial charge in [0.1, 0.15) is 4.53 Å². The Morgan fingerprint density at radius 2 is 1.74 bits per heavy atom. The van der Waals surface area contributed by atoms with E-state index in [0.29, 0.717) is 50.8 Å². The summed E-state index contributed by atoms with van der Waals surface area (Å²) in [5, 5.41) is 0.561. The van der Waals surface area contributed by atoms with Crippen molar-refractivity contribution in [3.63, 3.8) is 0 Å². The van der Waals surface area contributed by atoms with Crippen molar-refractivity contribution in [2.24, 2.45) is 4.99 Å². The Hall–Kier alpha value is -3.49. The number of carbonyl (C=O) groups is 2. The van der Waals surface area contributed by atoms with E-state index in [4.69, 9.17) is 16.6 Å². The number of allylic oxidation sites excluding steroid dienone is 1. The highest BCUT2D eigenvalue weighted by atomic mass is 35.5. The smallest absolute Gasteiger partial charge is 0.271 e. The van der Waals surface area contributed by atoms with Crippen molar-refractivity contribution < 1.29 is 9.59 Å². The van der Waals surface area contributed by atoms with Gasteiger partial charge in [-0.1, -0.05) is 66.6 Å². The molecule has 2 aromatic carbocycles. The molecule has 0 unspecified atom stereocenters. The fraction of sp³-hybridized carbons (Fsp3) is 0.333. The molecule has 0 saturated heterocycles. The van der Waals surface area contributed by atoms with Crippen LogP contribution in [0.3, 0.4) is 0 Å². The molecule has 202 valence electrons. The third-order valence-electron chi connectivity index (χ3n) is 7.35. The number of thiazole rings is 1. The highest BCUT2D eigenvalue weighted by Gasteiger charge is 2.37. The van der Waals surface area contributed by atoms with Crippen LogP contribution in [0, 0.1) is 0 Å². The van der Waals surface area contributed by atoms with E-state index in [2.05, 4.69) is 6.92 Å². The van der Waals surface area contributed by atoms with Gasteiger partial charge in [0.2, 0.25) is 0 Å². The lowest BCUT2D eigenvalue weighted by atomic mass is 9.94. The lowest BCUT2D eigenvalue weighted by molar-refractivity contribution is -0.127. The predicted octanol–water partition coefficient (Wildman–Crippen LogP) is 4.27. The molecule has 0 N–H and O–H groups in total. The number of amides is 2. The molecule has 2 amide bonds. The number of halogens is 1. The monoisotopic (exact) mass is 562 g/mol. The van der Waals surface area contributed by atoms with Gasteiger partial charge < -0.3 is 9.80 Å². The van der Waals surface area contributed by atoms with Crippen molar-refractivity contribution in [3.8, 4) is 0 Å². The Morgan fingerprint density at radius 3 is 2.41 bits per heavy atom. The quantitative estimate of drug-likeness (QED) is 0.431. The lowest BCUT2D eigenvalue weighted by Crippen LogP contribution is -2.43. The number of rotatable bonds is 7. The van der Waals surface area contributed by atoms with Gasteiger partial charge in [-0.2, -0.15) is 0 Å². The third-order valence-corrected chi connectivity index (χ3v) is 8.65. The standard InChI is InChI=1S/C30H31ClN4O3S/c1-5-8-17-34-22-12-10-9-11-21(22)24(28(34)37)26-29(38)35-25(19-13-15-20(31)16-14-19)23(18(4)32-30(35)39-26)27(36)33(6-2)7-3/h9-16,25H,5-8,17H2,1-4H3/b26-24-/t25-/m0/s1. The molecule has 9 heteroatoms. The molecule has 0 saturated carbocycles. The van der Waals surface area contributed by atoms with Crippen LogP contribution in [-0.4, -0.2) is 40.9 Å². The first-order chi connectivity index (χ1) is 18.8. The molecule has 0 aliphatic carbocycles. The summed E-state index contributed by atoms with van der Waals surface area (Å²) in [6.07, 6.45) is 1.81. The maximum absolute atomic E-state index is 14.3. The second kappa shape index (κ2) is 10.9. The predicted molar refractivity (Wildman–Crippen MR) is 156 cm³/mol. The zero-order valence-corrected chi connectivity index (χ0v) is 24.1. The second-order valence-corrected chi connectivity index (χ2v) is 11.0. The highest BCUT2D eigenvalue weighted by molar-refractivity contribution is 7.07. The summed E-state index contributed by atoms with van der Waals surface area (Å²) in [7, 11) is 0. The number of para-hydroxylation sites is 1. The molecule has 0 radical (unpaired) electrons. The van der Waals surface area contributed by atoms with Crippen LogP contribution < -0.4 is 19.8 Å². The molecule has 7 nitrogen and oxygen atoms in total. The third kappa shape index (κ3) is 4.55. The number of fused-ring (bicyclic) bond motifs is 2. The van der Waals surface area contributed by atoms with Gasteiger partial charge in [0.05, 0.1) is 28.6 Å². The Morgan fingerprint density at radius 1 is 1.05 bits per heavy atom. The molecule has 3 heterocycles. The van der Waals surface area contributed by atoms with Crippen molar-refractivity contribution in [2.45, 2.75) is 46.6 Å². The largest absolute Gasteiger partial charge is 0.339 e. The topological polar surface area (TPSA) is 75.0 Å². The molecule has 1 atom stereocenters. The summed E-state index contributed by atoms with van der Waals surface area (Å²) in [6.45, 7) is 9.41. The summed E-state index contributed by atoms with van der Waals surface area (Å²) in [4.78, 5) is 50.5. The molecule has 0 fully saturated rings. The van der Waals surface area contributed by atoms with Crippen LogP contribution in [0.15, 0.2) is 69.6 Å². The molecule has 0 spiro atoms. The maximum atomic E-state index is 14.3. The summed E-state index contributed by atoms with van der Waals surface area (Å²) >= 11 is 7.40. The van der Waals surface area contributed by atoms with E-state index in [1.807, 2.05) is 57.2 Å². The van der Waals surface area contributed by atoms with Gasteiger partial charge in [0, 0.05) is 30.2 Å². The number of nitrogens with zero attached hydrogens (tertiary/aromatic N) is 4. The van der Waals surface area contributed by atoms with E-state index in [1.165, 1.54) is 11.3 Å². The van der Waals surface area contributed by atoms with Gasteiger partial charge in [0.25, 0.3) is 17.4 Å². The normalized spacial score (nSPS) is 17.7. The van der Waals surface area contributed by atoms with E-state index < -0.39 is 6.04 Å². The van der Waals surface area contributed by atoms with Gasteiger partial charge >= 0.3 is 0 Å². The number of hydrogen-bond acceptors (Lipinski definition) is 5. The molecule has 0 bridgehead atoms. The second-order valence-electron chi connectivity index (χ2n) is 9.63. The van der Waals surface area contributed by atoms with Crippen molar-refractivity contribution >= 4 is 46.0 Å². The average Bonchev–Trinajstić information content (AvgIpc) is 3.39. The van der Waals surface area contributed by atoms with Crippen molar-refractivity contribution in [1.29, 1.82) is 0 Å². The molecule has 2 aliphatic heterocycles. The van der Waals surface area contributed by atoms with Crippen LogP contribution in [-0.2, 0) is 9.59 Å². The van der Waals surface area contributed by atoms with Crippen LogP contribution in [0.1, 0.15) is 57.7 Å². The highest BCUT2D eigenvalue weighted by Crippen LogP contribution is 2.36. The minimum atomic E-state index is -0.691.